The van der Waals surface area contributed by atoms with Crippen molar-refractivity contribution in [1.82, 2.24) is 19.9 Å². The van der Waals surface area contributed by atoms with E-state index >= 15 is 0 Å². The van der Waals surface area contributed by atoms with Gasteiger partial charge in [0.05, 0.1) is 18.3 Å². The number of benzene rings is 1. The number of hydrogen-bond acceptors (Lipinski definition) is 5. The smallest absolute Gasteiger partial charge is 0.257 e. The number of pyridine rings is 1. The van der Waals surface area contributed by atoms with Crippen molar-refractivity contribution >= 4 is 5.91 Å². The van der Waals surface area contributed by atoms with Crippen LogP contribution in [0.5, 0.6) is 0 Å². The van der Waals surface area contributed by atoms with Crippen LogP contribution in [0.25, 0.3) is 11.4 Å². The van der Waals surface area contributed by atoms with Gasteiger partial charge in [0.2, 0.25) is 0 Å². The van der Waals surface area contributed by atoms with E-state index in [-0.39, 0.29) is 12.0 Å². The highest BCUT2D eigenvalue weighted by molar-refractivity contribution is 5.93. The van der Waals surface area contributed by atoms with Crippen molar-refractivity contribution in [2.75, 3.05) is 19.7 Å². The molecule has 1 amide bonds. The molecule has 3 heterocycles. The van der Waals surface area contributed by atoms with Crippen molar-refractivity contribution in [2.45, 2.75) is 25.4 Å². The van der Waals surface area contributed by atoms with Crippen molar-refractivity contribution < 1.29 is 9.53 Å². The van der Waals surface area contributed by atoms with Crippen LogP contribution >= 0.6 is 0 Å². The molecule has 4 rings (SSSR count). The molecule has 1 unspecified atom stereocenters. The molecule has 29 heavy (non-hydrogen) atoms. The van der Waals surface area contributed by atoms with E-state index in [9.17, 15) is 4.79 Å². The van der Waals surface area contributed by atoms with Gasteiger partial charge in [-0.05, 0) is 37.0 Å². The Labute approximate surface area is 170 Å². The normalized spacial score (nSPS) is 16.6. The maximum absolute atomic E-state index is 12.9. The number of nitrogens with zero attached hydrogens (tertiary/aromatic N) is 4. The molecule has 1 saturated heterocycles. The first-order chi connectivity index (χ1) is 14.3. The van der Waals surface area contributed by atoms with Gasteiger partial charge in [0, 0.05) is 43.4 Å². The second kappa shape index (κ2) is 9.39. The molecule has 0 radical (unpaired) electrons. The van der Waals surface area contributed by atoms with Gasteiger partial charge in [-0.15, -0.1) is 0 Å². The number of amides is 1. The SMILES string of the molecule is O=C(c1cnc(-c2ccncc2)nc1)N1CCOC(CCCc2ccccc2)C1. The molecule has 0 aliphatic carbocycles. The Morgan fingerprint density at radius 1 is 1.07 bits per heavy atom. The van der Waals surface area contributed by atoms with Crippen molar-refractivity contribution in [2.24, 2.45) is 0 Å². The molecule has 1 aliphatic heterocycles. The van der Waals surface area contributed by atoms with Crippen LogP contribution in [0.1, 0.15) is 28.8 Å². The fourth-order valence-electron chi connectivity index (χ4n) is 3.53. The Bertz CT molecular complexity index is 917. The van der Waals surface area contributed by atoms with Crippen molar-refractivity contribution in [3.63, 3.8) is 0 Å². The first-order valence-electron chi connectivity index (χ1n) is 9.97. The third-order valence-electron chi connectivity index (χ3n) is 5.10. The molecule has 1 aromatic carbocycles. The van der Waals surface area contributed by atoms with Gasteiger partial charge in [0.25, 0.3) is 5.91 Å². The molecule has 0 saturated carbocycles. The number of morpholine rings is 1. The van der Waals surface area contributed by atoms with Gasteiger partial charge in [-0.2, -0.15) is 0 Å². The average molecular weight is 388 g/mol. The molecule has 0 spiro atoms. The van der Waals surface area contributed by atoms with Crippen LogP contribution in [0, 0.1) is 0 Å². The van der Waals surface area contributed by atoms with Crippen molar-refractivity contribution in [3.8, 4) is 11.4 Å². The lowest BCUT2D eigenvalue weighted by Gasteiger charge is -2.33. The molecular formula is C23H24N4O2. The Hall–Kier alpha value is -3.12. The standard InChI is InChI=1S/C23H24N4O2/c28-23(20-15-25-22(26-16-20)19-9-11-24-12-10-19)27-13-14-29-21(17-27)8-4-7-18-5-2-1-3-6-18/h1-3,5-6,9-12,15-16,21H,4,7-8,13-14,17H2. The Morgan fingerprint density at radius 2 is 1.83 bits per heavy atom. The van der Waals surface area contributed by atoms with E-state index in [1.165, 1.54) is 5.56 Å². The van der Waals surface area contributed by atoms with Gasteiger partial charge in [-0.25, -0.2) is 9.97 Å². The number of ether oxygens (including phenoxy) is 1. The molecule has 1 atom stereocenters. The molecular weight excluding hydrogens is 364 g/mol. The first kappa shape index (κ1) is 19.2. The minimum absolute atomic E-state index is 0.0392. The molecule has 6 heteroatoms. The second-order valence-corrected chi connectivity index (χ2v) is 7.15. The summed E-state index contributed by atoms with van der Waals surface area (Å²) in [6.45, 7) is 1.78. The van der Waals surface area contributed by atoms with E-state index in [1.54, 1.807) is 24.8 Å². The fourth-order valence-corrected chi connectivity index (χ4v) is 3.53. The van der Waals surface area contributed by atoms with Crippen LogP contribution in [0.15, 0.2) is 67.3 Å². The third-order valence-corrected chi connectivity index (χ3v) is 5.10. The molecule has 3 aromatic rings. The zero-order valence-electron chi connectivity index (χ0n) is 16.3. The Kier molecular flexibility index (Phi) is 6.22. The zero-order valence-corrected chi connectivity index (χ0v) is 16.3. The lowest BCUT2D eigenvalue weighted by atomic mass is 10.0. The first-order valence-corrected chi connectivity index (χ1v) is 9.97. The largest absolute Gasteiger partial charge is 0.375 e. The quantitative estimate of drug-likeness (QED) is 0.647. The second-order valence-electron chi connectivity index (χ2n) is 7.15. The van der Waals surface area contributed by atoms with Gasteiger partial charge >= 0.3 is 0 Å². The number of hydrogen-bond donors (Lipinski definition) is 0. The van der Waals surface area contributed by atoms with Gasteiger partial charge in [-0.3, -0.25) is 9.78 Å². The molecule has 148 valence electrons. The van der Waals surface area contributed by atoms with Gasteiger partial charge in [-0.1, -0.05) is 30.3 Å². The van der Waals surface area contributed by atoms with E-state index in [0.29, 0.717) is 31.1 Å². The number of carbonyl (C=O) groups is 1. The summed E-state index contributed by atoms with van der Waals surface area (Å²) in [5.41, 5.74) is 2.72. The fraction of sp³-hybridized carbons (Fsp3) is 0.304. The number of aromatic nitrogens is 3. The summed E-state index contributed by atoms with van der Waals surface area (Å²) in [6.07, 6.45) is 9.69. The number of aryl methyl sites for hydroxylation is 1. The van der Waals surface area contributed by atoms with E-state index in [1.807, 2.05) is 23.1 Å². The number of rotatable bonds is 6. The van der Waals surface area contributed by atoms with E-state index in [0.717, 1.165) is 24.8 Å². The zero-order chi connectivity index (χ0) is 19.9. The van der Waals surface area contributed by atoms with Crippen LogP contribution in [0.3, 0.4) is 0 Å². The summed E-state index contributed by atoms with van der Waals surface area (Å²) in [5.74, 6) is 0.548. The summed E-state index contributed by atoms with van der Waals surface area (Å²) in [7, 11) is 0. The predicted molar refractivity (Wildman–Crippen MR) is 110 cm³/mol. The maximum atomic E-state index is 12.9. The highest BCUT2D eigenvalue weighted by Gasteiger charge is 2.25. The summed E-state index contributed by atoms with van der Waals surface area (Å²) >= 11 is 0. The summed E-state index contributed by atoms with van der Waals surface area (Å²) < 4.78 is 5.88. The van der Waals surface area contributed by atoms with Gasteiger partial charge in [0.1, 0.15) is 0 Å². The average Bonchev–Trinajstić information content (AvgIpc) is 2.80. The lowest BCUT2D eigenvalue weighted by Crippen LogP contribution is -2.45. The van der Waals surface area contributed by atoms with E-state index < -0.39 is 0 Å². The van der Waals surface area contributed by atoms with Crippen molar-refractivity contribution in [3.05, 3.63) is 78.4 Å². The lowest BCUT2D eigenvalue weighted by molar-refractivity contribution is -0.0255. The highest BCUT2D eigenvalue weighted by atomic mass is 16.5. The Morgan fingerprint density at radius 3 is 2.59 bits per heavy atom. The maximum Gasteiger partial charge on any atom is 0.257 e. The predicted octanol–water partition coefficient (Wildman–Crippen LogP) is 3.40. The minimum atomic E-state index is -0.0392. The molecule has 6 nitrogen and oxygen atoms in total. The number of carbonyl (C=O) groups excluding carboxylic acids is 1. The van der Waals surface area contributed by atoms with E-state index in [2.05, 4.69) is 39.2 Å². The summed E-state index contributed by atoms with van der Waals surface area (Å²) in [5, 5.41) is 0. The Balaban J connectivity index is 1.32. The third kappa shape index (κ3) is 5.03. The van der Waals surface area contributed by atoms with Crippen LogP contribution in [-0.2, 0) is 11.2 Å². The van der Waals surface area contributed by atoms with Gasteiger partial charge in [0.15, 0.2) is 5.82 Å². The van der Waals surface area contributed by atoms with Crippen LogP contribution in [-0.4, -0.2) is 51.6 Å². The highest BCUT2D eigenvalue weighted by Crippen LogP contribution is 2.17. The van der Waals surface area contributed by atoms with Gasteiger partial charge < -0.3 is 9.64 Å². The monoisotopic (exact) mass is 388 g/mol. The molecule has 0 N–H and O–H groups in total. The summed E-state index contributed by atoms with van der Waals surface area (Å²) in [4.78, 5) is 27.4. The van der Waals surface area contributed by atoms with Crippen LogP contribution < -0.4 is 0 Å². The topological polar surface area (TPSA) is 68.2 Å². The van der Waals surface area contributed by atoms with Crippen LogP contribution in [0.4, 0.5) is 0 Å². The molecule has 1 fully saturated rings. The molecule has 2 aromatic heterocycles. The molecule has 1 aliphatic rings. The summed E-state index contributed by atoms with van der Waals surface area (Å²) in [6, 6.07) is 14.1. The molecule has 0 bridgehead atoms. The van der Waals surface area contributed by atoms with Crippen molar-refractivity contribution in [1.29, 1.82) is 0 Å². The minimum Gasteiger partial charge on any atom is -0.375 e. The van der Waals surface area contributed by atoms with Crippen LogP contribution in [0.2, 0.25) is 0 Å². The van der Waals surface area contributed by atoms with E-state index in [4.69, 9.17) is 4.74 Å².